The van der Waals surface area contributed by atoms with Crippen LogP contribution in [-0.2, 0) is 0 Å². The van der Waals surface area contributed by atoms with Crippen LogP contribution in [0.15, 0.2) is 6.07 Å². The molecule has 0 aliphatic heterocycles. The summed E-state index contributed by atoms with van der Waals surface area (Å²) in [6.45, 7) is 1.31. The zero-order valence-electron chi connectivity index (χ0n) is 7.02. The lowest BCUT2D eigenvalue weighted by atomic mass is 10.1. The minimum Gasteiger partial charge on any atom is -0.276 e. The van der Waals surface area contributed by atoms with E-state index in [1.54, 1.807) is 0 Å². The van der Waals surface area contributed by atoms with Gasteiger partial charge in [0.15, 0.2) is 0 Å². The predicted octanol–water partition coefficient (Wildman–Crippen LogP) is 2.85. The van der Waals surface area contributed by atoms with Crippen molar-refractivity contribution in [2.45, 2.75) is 13.3 Å². The number of hydrogen-bond donors (Lipinski definition) is 0. The molecule has 0 spiro atoms. The van der Waals surface area contributed by atoms with Crippen molar-refractivity contribution in [3.05, 3.63) is 28.8 Å². The van der Waals surface area contributed by atoms with Gasteiger partial charge in [-0.3, -0.25) is 4.79 Å². The van der Waals surface area contributed by atoms with Crippen LogP contribution in [0.5, 0.6) is 0 Å². The second-order valence-corrected chi connectivity index (χ2v) is 2.95. The van der Waals surface area contributed by atoms with E-state index in [1.165, 1.54) is 6.92 Å². The third-order valence-corrected chi connectivity index (χ3v) is 1.80. The van der Waals surface area contributed by atoms with Gasteiger partial charge >= 0.3 is 0 Å². The summed E-state index contributed by atoms with van der Waals surface area (Å²) in [6, 6.07) is 0.958. The molecule has 0 saturated heterocycles. The molecule has 0 amide bonds. The van der Waals surface area contributed by atoms with Gasteiger partial charge in [0.2, 0.25) is 5.95 Å². The van der Waals surface area contributed by atoms with Crippen LogP contribution in [0.3, 0.4) is 0 Å². The van der Waals surface area contributed by atoms with E-state index in [0.717, 1.165) is 6.07 Å². The molecule has 1 aromatic heterocycles. The number of alkyl halides is 2. The molecule has 0 saturated carbocycles. The van der Waals surface area contributed by atoms with Gasteiger partial charge in [-0.2, -0.15) is 4.39 Å². The van der Waals surface area contributed by atoms with Crippen LogP contribution in [0.4, 0.5) is 13.2 Å². The third-order valence-electron chi connectivity index (χ3n) is 1.60. The highest BCUT2D eigenvalue weighted by Crippen LogP contribution is 2.23. The van der Waals surface area contributed by atoms with Crippen molar-refractivity contribution >= 4 is 16.8 Å². The zero-order chi connectivity index (χ0) is 10.9. The van der Waals surface area contributed by atoms with Crippen LogP contribution in [0.25, 0.3) is 0 Å². The van der Waals surface area contributed by atoms with Gasteiger partial charge < -0.3 is 0 Å². The molecular weight excluding hydrogens is 219 g/mol. The highest BCUT2D eigenvalue weighted by molar-refractivity contribution is 6.67. The SMILES string of the molecule is Cc1cc(C(=O)Cl)c(C(F)F)nc1F. The summed E-state index contributed by atoms with van der Waals surface area (Å²) < 4.78 is 37.3. The van der Waals surface area contributed by atoms with Gasteiger partial charge in [0, 0.05) is 5.56 Å². The molecule has 0 atom stereocenters. The lowest BCUT2D eigenvalue weighted by Gasteiger charge is -2.05. The largest absolute Gasteiger partial charge is 0.281 e. The van der Waals surface area contributed by atoms with Gasteiger partial charge in [-0.15, -0.1) is 0 Å². The minimum absolute atomic E-state index is 0.00148. The van der Waals surface area contributed by atoms with Crippen molar-refractivity contribution in [1.29, 1.82) is 0 Å². The van der Waals surface area contributed by atoms with Gasteiger partial charge in [0.25, 0.3) is 11.7 Å². The molecule has 14 heavy (non-hydrogen) atoms. The molecule has 76 valence electrons. The Morgan fingerprint density at radius 2 is 2.14 bits per heavy atom. The molecule has 1 rings (SSSR count). The van der Waals surface area contributed by atoms with E-state index in [1.807, 2.05) is 0 Å². The Balaban J connectivity index is 3.39. The second kappa shape index (κ2) is 3.96. The van der Waals surface area contributed by atoms with Crippen molar-refractivity contribution < 1.29 is 18.0 Å². The maximum atomic E-state index is 12.8. The third kappa shape index (κ3) is 2.04. The summed E-state index contributed by atoms with van der Waals surface area (Å²) in [5, 5.41) is -1.07. The highest BCUT2D eigenvalue weighted by atomic mass is 35.5. The van der Waals surface area contributed by atoms with E-state index >= 15 is 0 Å². The van der Waals surface area contributed by atoms with Crippen LogP contribution in [0.1, 0.15) is 28.0 Å². The van der Waals surface area contributed by atoms with Gasteiger partial charge in [0.05, 0.1) is 5.56 Å². The zero-order valence-corrected chi connectivity index (χ0v) is 7.78. The van der Waals surface area contributed by atoms with Gasteiger partial charge in [0.1, 0.15) is 5.69 Å². The molecule has 0 unspecified atom stereocenters. The summed E-state index contributed by atoms with van der Waals surface area (Å²) in [5.41, 5.74) is -1.38. The lowest BCUT2D eigenvalue weighted by Crippen LogP contribution is -2.05. The van der Waals surface area contributed by atoms with Crippen molar-refractivity contribution in [2.75, 3.05) is 0 Å². The molecule has 0 N–H and O–H groups in total. The first-order valence-corrected chi connectivity index (χ1v) is 3.96. The highest BCUT2D eigenvalue weighted by Gasteiger charge is 2.21. The van der Waals surface area contributed by atoms with Crippen molar-refractivity contribution in [3.63, 3.8) is 0 Å². The molecule has 0 radical (unpaired) electrons. The topological polar surface area (TPSA) is 30.0 Å². The average molecular weight is 224 g/mol. The maximum absolute atomic E-state index is 12.8. The summed E-state index contributed by atoms with van der Waals surface area (Å²) in [7, 11) is 0. The van der Waals surface area contributed by atoms with Crippen molar-refractivity contribution in [3.8, 4) is 0 Å². The summed E-state index contributed by atoms with van der Waals surface area (Å²) in [4.78, 5) is 13.7. The first-order chi connectivity index (χ1) is 6.43. The van der Waals surface area contributed by atoms with E-state index < -0.39 is 28.9 Å². The second-order valence-electron chi connectivity index (χ2n) is 2.60. The molecule has 6 heteroatoms. The van der Waals surface area contributed by atoms with Crippen LogP contribution in [-0.4, -0.2) is 10.2 Å². The lowest BCUT2D eigenvalue weighted by molar-refractivity contribution is 0.106. The fraction of sp³-hybridized carbons (Fsp3) is 0.250. The number of aryl methyl sites for hydroxylation is 1. The average Bonchev–Trinajstić information content (AvgIpc) is 2.08. The fourth-order valence-corrected chi connectivity index (χ4v) is 1.08. The van der Waals surface area contributed by atoms with Crippen molar-refractivity contribution in [2.24, 2.45) is 0 Å². The van der Waals surface area contributed by atoms with Crippen molar-refractivity contribution in [1.82, 2.24) is 4.98 Å². The standard InChI is InChI=1S/C8H5ClF3NO/c1-3-2-4(6(9)14)5(7(10)11)13-8(3)12/h2,7H,1H3. The number of aromatic nitrogens is 1. The quantitative estimate of drug-likeness (QED) is 0.570. The van der Waals surface area contributed by atoms with Gasteiger partial charge in [-0.1, -0.05) is 0 Å². The molecular formula is C8H5ClF3NO. The smallest absolute Gasteiger partial charge is 0.276 e. The Labute approximate surface area is 82.7 Å². The maximum Gasteiger partial charge on any atom is 0.281 e. The first kappa shape index (κ1) is 11.0. The number of nitrogens with zero attached hydrogens (tertiary/aromatic N) is 1. The number of rotatable bonds is 2. The number of carbonyl (C=O) groups is 1. The monoisotopic (exact) mass is 223 g/mol. The molecule has 2 nitrogen and oxygen atoms in total. The molecule has 0 fully saturated rings. The Morgan fingerprint density at radius 3 is 2.57 bits per heavy atom. The van der Waals surface area contributed by atoms with Crippen LogP contribution >= 0.6 is 11.6 Å². The number of carbonyl (C=O) groups excluding carboxylic acids is 1. The summed E-state index contributed by atoms with van der Waals surface area (Å²) in [5.74, 6) is -1.03. The van der Waals surface area contributed by atoms with E-state index in [9.17, 15) is 18.0 Å². The Kier molecular flexibility index (Phi) is 3.10. The molecule has 1 heterocycles. The molecule has 0 bridgehead atoms. The van der Waals surface area contributed by atoms with Gasteiger partial charge in [-0.05, 0) is 24.6 Å². The Morgan fingerprint density at radius 1 is 1.57 bits per heavy atom. The number of pyridine rings is 1. The van der Waals surface area contributed by atoms with Crippen LogP contribution in [0.2, 0.25) is 0 Å². The van der Waals surface area contributed by atoms with E-state index in [-0.39, 0.29) is 5.56 Å². The van der Waals surface area contributed by atoms with Gasteiger partial charge in [-0.25, -0.2) is 13.8 Å². The molecule has 1 aromatic rings. The molecule has 0 aliphatic rings. The van der Waals surface area contributed by atoms with E-state index in [4.69, 9.17) is 11.6 Å². The number of hydrogen-bond acceptors (Lipinski definition) is 2. The molecule has 0 aromatic carbocycles. The summed E-state index contributed by atoms with van der Waals surface area (Å²) in [6.07, 6.45) is -3.03. The fourth-order valence-electron chi connectivity index (χ4n) is 0.928. The van der Waals surface area contributed by atoms with Crippen LogP contribution < -0.4 is 0 Å². The number of halogens is 4. The van der Waals surface area contributed by atoms with E-state index in [0.29, 0.717) is 0 Å². The summed E-state index contributed by atoms with van der Waals surface area (Å²) >= 11 is 5.04. The van der Waals surface area contributed by atoms with Crippen LogP contribution in [0, 0.1) is 12.9 Å². The molecule has 0 aliphatic carbocycles. The Bertz CT molecular complexity index is 381. The minimum atomic E-state index is -3.03. The van der Waals surface area contributed by atoms with E-state index in [2.05, 4.69) is 4.98 Å². The Hall–Kier alpha value is -1.10. The predicted molar refractivity (Wildman–Crippen MR) is 44.1 cm³/mol. The normalized spacial score (nSPS) is 10.7. The first-order valence-electron chi connectivity index (χ1n) is 3.58.